The summed E-state index contributed by atoms with van der Waals surface area (Å²) >= 11 is 0. The van der Waals surface area contributed by atoms with Crippen LogP contribution >= 0.6 is 0 Å². The van der Waals surface area contributed by atoms with Crippen molar-refractivity contribution in [2.45, 2.75) is 33.0 Å². The zero-order valence-electron chi connectivity index (χ0n) is 6.85. The Morgan fingerprint density at radius 1 is 1.18 bits per heavy atom. The van der Waals surface area contributed by atoms with Crippen LogP contribution in [0.15, 0.2) is 0 Å². The van der Waals surface area contributed by atoms with Gasteiger partial charge < -0.3 is 9.47 Å². The smallest absolute Gasteiger partial charge is 0.288 e. The molecular weight excluding hydrogens is 154 g/mol. The van der Waals surface area contributed by atoms with Crippen molar-refractivity contribution < 1.29 is 18.3 Å². The fraction of sp³-hybridized carbons (Fsp3) is 1.00. The van der Waals surface area contributed by atoms with Crippen LogP contribution in [-0.4, -0.2) is 25.9 Å². The van der Waals surface area contributed by atoms with E-state index < -0.39 is 12.7 Å². The molecule has 0 saturated carbocycles. The van der Waals surface area contributed by atoms with Crippen LogP contribution in [0.2, 0.25) is 0 Å². The third-order valence-electron chi connectivity index (χ3n) is 1.02. The van der Waals surface area contributed by atoms with Gasteiger partial charge in [-0.25, -0.2) is 8.78 Å². The Bertz CT molecular complexity index is 88.5. The largest absolute Gasteiger partial charge is 0.348 e. The molecule has 1 atom stereocenters. The number of hydrogen-bond acceptors (Lipinski definition) is 2. The van der Waals surface area contributed by atoms with Crippen molar-refractivity contribution >= 4 is 0 Å². The van der Waals surface area contributed by atoms with Crippen molar-refractivity contribution in [3.05, 3.63) is 0 Å². The minimum Gasteiger partial charge on any atom is -0.348 e. The molecule has 0 aliphatic carbocycles. The summed E-state index contributed by atoms with van der Waals surface area (Å²) in [4.78, 5) is 0. The van der Waals surface area contributed by atoms with Gasteiger partial charge in [-0.2, -0.15) is 0 Å². The fourth-order valence-electron chi connectivity index (χ4n) is 0.592. The molecule has 0 radical (unpaired) electrons. The Labute approximate surface area is 65.5 Å². The van der Waals surface area contributed by atoms with Gasteiger partial charge in [-0.3, -0.25) is 0 Å². The van der Waals surface area contributed by atoms with Crippen molar-refractivity contribution in [1.29, 1.82) is 0 Å². The summed E-state index contributed by atoms with van der Waals surface area (Å²) in [5.41, 5.74) is 0. The van der Waals surface area contributed by atoms with Gasteiger partial charge >= 0.3 is 0 Å². The van der Waals surface area contributed by atoms with Gasteiger partial charge in [0.05, 0.1) is 0 Å². The molecule has 0 aromatic rings. The summed E-state index contributed by atoms with van der Waals surface area (Å²) in [6.07, 6.45) is -3.18. The summed E-state index contributed by atoms with van der Waals surface area (Å²) in [6, 6.07) is 0. The van der Waals surface area contributed by atoms with E-state index in [0.717, 1.165) is 6.42 Å². The summed E-state index contributed by atoms with van der Waals surface area (Å²) < 4.78 is 33.3. The lowest BCUT2D eigenvalue weighted by molar-refractivity contribution is -0.203. The maximum Gasteiger partial charge on any atom is 0.288 e. The van der Waals surface area contributed by atoms with Crippen molar-refractivity contribution in [3.8, 4) is 0 Å². The van der Waals surface area contributed by atoms with E-state index in [-0.39, 0.29) is 6.61 Å². The van der Waals surface area contributed by atoms with Crippen LogP contribution in [0, 0.1) is 0 Å². The van der Waals surface area contributed by atoms with Gasteiger partial charge in [0.1, 0.15) is 0 Å². The summed E-state index contributed by atoms with van der Waals surface area (Å²) in [5, 5.41) is 0. The van der Waals surface area contributed by atoms with Crippen molar-refractivity contribution in [2.24, 2.45) is 0 Å². The van der Waals surface area contributed by atoms with E-state index in [4.69, 9.17) is 4.74 Å². The van der Waals surface area contributed by atoms with Crippen molar-refractivity contribution in [1.82, 2.24) is 0 Å². The molecule has 0 bridgehead atoms. The molecule has 0 amide bonds. The maximum atomic E-state index is 12.0. The standard InChI is InChI=1S/C7H14F2O2/c1-3-5-11-7(6(8)9)10-4-2/h6-7H,3-5H2,1-2H3. The highest BCUT2D eigenvalue weighted by atomic mass is 19.3. The molecule has 0 heterocycles. The highest BCUT2D eigenvalue weighted by Gasteiger charge is 2.20. The molecule has 2 nitrogen and oxygen atoms in total. The molecule has 0 rings (SSSR count). The van der Waals surface area contributed by atoms with Gasteiger partial charge in [-0.15, -0.1) is 0 Å². The number of ether oxygens (including phenoxy) is 2. The minimum absolute atomic E-state index is 0.249. The molecule has 0 aliphatic rings. The second-order valence-electron chi connectivity index (χ2n) is 2.03. The van der Waals surface area contributed by atoms with Crippen LogP contribution in [0.3, 0.4) is 0 Å². The average Bonchev–Trinajstić information content (AvgIpc) is 1.97. The number of alkyl halides is 2. The topological polar surface area (TPSA) is 18.5 Å². The first-order chi connectivity index (χ1) is 5.22. The third kappa shape index (κ3) is 5.09. The second-order valence-corrected chi connectivity index (χ2v) is 2.03. The highest BCUT2D eigenvalue weighted by Crippen LogP contribution is 2.07. The zero-order chi connectivity index (χ0) is 8.69. The lowest BCUT2D eigenvalue weighted by Crippen LogP contribution is -2.25. The molecule has 4 heteroatoms. The molecule has 0 spiro atoms. The Morgan fingerprint density at radius 3 is 2.18 bits per heavy atom. The van der Waals surface area contributed by atoms with Crippen LogP contribution in [0.4, 0.5) is 8.78 Å². The second kappa shape index (κ2) is 6.49. The van der Waals surface area contributed by atoms with E-state index in [1.54, 1.807) is 6.92 Å². The van der Waals surface area contributed by atoms with Gasteiger partial charge in [0.15, 0.2) is 0 Å². The predicted octanol–water partition coefficient (Wildman–Crippen LogP) is 2.04. The Kier molecular flexibility index (Phi) is 6.36. The molecule has 0 aliphatic heterocycles. The molecular formula is C7H14F2O2. The summed E-state index contributed by atoms with van der Waals surface area (Å²) in [5.74, 6) is 0. The third-order valence-corrected chi connectivity index (χ3v) is 1.02. The lowest BCUT2D eigenvalue weighted by atomic mass is 10.5. The average molecular weight is 168 g/mol. The van der Waals surface area contributed by atoms with Crippen molar-refractivity contribution in [2.75, 3.05) is 13.2 Å². The van der Waals surface area contributed by atoms with Crippen LogP contribution in [0.25, 0.3) is 0 Å². The first kappa shape index (κ1) is 10.8. The highest BCUT2D eigenvalue weighted by molar-refractivity contribution is 4.45. The Balaban J connectivity index is 3.51. The molecule has 0 saturated heterocycles. The van der Waals surface area contributed by atoms with Gasteiger partial charge in [0, 0.05) is 13.2 Å². The molecule has 0 aromatic heterocycles. The minimum atomic E-state index is -2.55. The molecule has 11 heavy (non-hydrogen) atoms. The van der Waals surface area contributed by atoms with Gasteiger partial charge in [0.2, 0.25) is 6.29 Å². The molecule has 0 aromatic carbocycles. The maximum absolute atomic E-state index is 12.0. The van der Waals surface area contributed by atoms with Gasteiger partial charge in [-0.1, -0.05) is 6.92 Å². The van der Waals surface area contributed by atoms with Gasteiger partial charge in [-0.05, 0) is 13.3 Å². The Morgan fingerprint density at radius 2 is 1.82 bits per heavy atom. The summed E-state index contributed by atoms with van der Waals surface area (Å²) in [6.45, 7) is 4.08. The molecule has 1 unspecified atom stereocenters. The zero-order valence-corrected chi connectivity index (χ0v) is 6.85. The van der Waals surface area contributed by atoms with E-state index in [0.29, 0.717) is 6.61 Å². The van der Waals surface area contributed by atoms with Crippen LogP contribution in [0.5, 0.6) is 0 Å². The predicted molar refractivity (Wildman–Crippen MR) is 37.7 cm³/mol. The first-order valence-corrected chi connectivity index (χ1v) is 3.73. The number of rotatable bonds is 6. The van der Waals surface area contributed by atoms with E-state index in [2.05, 4.69) is 4.74 Å². The Hall–Kier alpha value is -0.220. The molecule has 0 fully saturated rings. The van der Waals surface area contributed by atoms with E-state index >= 15 is 0 Å². The van der Waals surface area contributed by atoms with Crippen LogP contribution in [0.1, 0.15) is 20.3 Å². The van der Waals surface area contributed by atoms with E-state index in [1.807, 2.05) is 6.92 Å². The van der Waals surface area contributed by atoms with E-state index in [9.17, 15) is 8.78 Å². The normalized spacial score (nSPS) is 13.9. The monoisotopic (exact) mass is 168 g/mol. The van der Waals surface area contributed by atoms with Crippen LogP contribution < -0.4 is 0 Å². The van der Waals surface area contributed by atoms with E-state index in [1.165, 1.54) is 0 Å². The fourth-order valence-corrected chi connectivity index (χ4v) is 0.592. The van der Waals surface area contributed by atoms with Crippen LogP contribution in [-0.2, 0) is 9.47 Å². The van der Waals surface area contributed by atoms with Crippen molar-refractivity contribution in [3.63, 3.8) is 0 Å². The first-order valence-electron chi connectivity index (χ1n) is 3.73. The lowest BCUT2D eigenvalue weighted by Gasteiger charge is -2.15. The molecule has 68 valence electrons. The molecule has 0 N–H and O–H groups in total. The number of hydrogen-bond donors (Lipinski definition) is 0. The SMILES string of the molecule is CCCOC(OCC)C(F)F. The summed E-state index contributed by atoms with van der Waals surface area (Å²) in [7, 11) is 0. The quantitative estimate of drug-likeness (QED) is 0.565. The number of halogens is 2. The van der Waals surface area contributed by atoms with Gasteiger partial charge in [0.25, 0.3) is 6.43 Å².